The van der Waals surface area contributed by atoms with Crippen LogP contribution in [0.3, 0.4) is 0 Å². The van der Waals surface area contributed by atoms with Crippen LogP contribution in [0, 0.1) is 5.92 Å². The van der Waals surface area contributed by atoms with Gasteiger partial charge in [-0.1, -0.05) is 51.0 Å². The molecule has 4 nitrogen and oxygen atoms in total. The van der Waals surface area contributed by atoms with E-state index in [0.717, 1.165) is 57.0 Å². The van der Waals surface area contributed by atoms with Crippen LogP contribution >= 0.6 is 0 Å². The van der Waals surface area contributed by atoms with E-state index in [-0.39, 0.29) is 0 Å². The minimum absolute atomic E-state index is 0.609. The Kier molecular flexibility index (Phi) is 9.98. The third kappa shape index (κ3) is 6.97. The summed E-state index contributed by atoms with van der Waals surface area (Å²) in [4.78, 5) is 14.8. The number of rotatable bonds is 9. The van der Waals surface area contributed by atoms with Crippen molar-refractivity contribution in [3.8, 4) is 0 Å². The van der Waals surface area contributed by atoms with Crippen molar-refractivity contribution >= 4 is 11.9 Å². The highest BCUT2D eigenvalue weighted by Gasteiger charge is 2.28. The van der Waals surface area contributed by atoms with Crippen LogP contribution in [0.1, 0.15) is 94.7 Å². The van der Waals surface area contributed by atoms with Crippen LogP contribution < -0.4 is 0 Å². The topological polar surface area (TPSA) is 31.2 Å². The van der Waals surface area contributed by atoms with E-state index in [9.17, 15) is 0 Å². The highest BCUT2D eigenvalue weighted by Crippen LogP contribution is 2.31. The normalized spacial score (nSPS) is 23.0. The number of piperidine rings is 1. The molecule has 0 spiro atoms. The van der Waals surface area contributed by atoms with Crippen molar-refractivity contribution in [1.82, 2.24) is 9.80 Å². The fourth-order valence-corrected chi connectivity index (χ4v) is 6.01. The smallest absolute Gasteiger partial charge is 0.0649 e. The molecular weight excluding hydrogens is 440 g/mol. The van der Waals surface area contributed by atoms with Gasteiger partial charge in [0.1, 0.15) is 0 Å². The van der Waals surface area contributed by atoms with E-state index in [1.165, 1.54) is 85.8 Å². The number of hydrogen-bond donors (Lipinski definition) is 0. The maximum Gasteiger partial charge on any atom is 0.0649 e. The third-order valence-electron chi connectivity index (χ3n) is 8.44. The second-order valence-electron chi connectivity index (χ2n) is 11.1. The predicted molar refractivity (Wildman–Crippen MR) is 155 cm³/mol. The van der Waals surface area contributed by atoms with Gasteiger partial charge in [-0.25, -0.2) is 0 Å². The Morgan fingerprint density at radius 1 is 1.03 bits per heavy atom. The van der Waals surface area contributed by atoms with Gasteiger partial charge in [0.15, 0.2) is 0 Å². The lowest BCUT2D eigenvalue weighted by Gasteiger charge is -2.33. The number of benzene rings is 1. The summed E-state index contributed by atoms with van der Waals surface area (Å²) in [7, 11) is 2.18. The summed E-state index contributed by atoms with van der Waals surface area (Å²) >= 11 is 0. The van der Waals surface area contributed by atoms with Gasteiger partial charge in [-0.15, -0.1) is 0 Å². The second kappa shape index (κ2) is 13.4. The molecule has 36 heavy (non-hydrogen) atoms. The minimum Gasteiger partial charge on any atom is -0.375 e. The zero-order valence-corrected chi connectivity index (χ0v) is 23.2. The zero-order chi connectivity index (χ0) is 25.3. The molecule has 3 heterocycles. The lowest BCUT2D eigenvalue weighted by atomic mass is 9.87. The SMILES string of the molecule is C=C1/C(CCN2CCC(C3=NCc4cc(CCCCCC)ccc43)CC2)=C(C)\N=C\CCCCN1C. The van der Waals surface area contributed by atoms with Crippen LogP contribution in [0.4, 0.5) is 0 Å². The molecule has 3 aliphatic heterocycles. The van der Waals surface area contributed by atoms with Gasteiger partial charge in [-0.2, -0.15) is 0 Å². The molecular formula is C32H48N4. The van der Waals surface area contributed by atoms with Crippen LogP contribution in [-0.4, -0.2) is 55.0 Å². The molecule has 0 atom stereocenters. The van der Waals surface area contributed by atoms with E-state index in [1.54, 1.807) is 0 Å². The van der Waals surface area contributed by atoms with Crippen molar-refractivity contribution in [1.29, 1.82) is 0 Å². The third-order valence-corrected chi connectivity index (χ3v) is 8.44. The van der Waals surface area contributed by atoms with Gasteiger partial charge in [0.2, 0.25) is 0 Å². The van der Waals surface area contributed by atoms with Gasteiger partial charge in [0.05, 0.1) is 6.54 Å². The number of aryl methyl sites for hydroxylation is 1. The van der Waals surface area contributed by atoms with Crippen molar-refractivity contribution in [3.05, 3.63) is 58.4 Å². The van der Waals surface area contributed by atoms with E-state index in [4.69, 9.17) is 9.98 Å². The number of aliphatic imine (C=N–C) groups is 2. The first-order valence-electron chi connectivity index (χ1n) is 14.6. The number of unbranched alkanes of at least 4 members (excludes halogenated alkanes) is 3. The molecule has 0 amide bonds. The van der Waals surface area contributed by atoms with Crippen LogP contribution in [0.25, 0.3) is 0 Å². The summed E-state index contributed by atoms with van der Waals surface area (Å²) in [6, 6.07) is 7.18. The Bertz CT molecular complexity index is 978. The number of hydrogen-bond acceptors (Lipinski definition) is 4. The average molecular weight is 489 g/mol. The van der Waals surface area contributed by atoms with Crippen LogP contribution in [0.2, 0.25) is 0 Å². The molecule has 4 rings (SSSR count). The van der Waals surface area contributed by atoms with Gasteiger partial charge in [0, 0.05) is 54.9 Å². The Morgan fingerprint density at radius 3 is 2.67 bits per heavy atom. The quantitative estimate of drug-likeness (QED) is 0.345. The number of likely N-dealkylation sites (tertiary alicyclic amines) is 1. The molecule has 0 aromatic heterocycles. The zero-order valence-electron chi connectivity index (χ0n) is 23.2. The van der Waals surface area contributed by atoms with Gasteiger partial charge in [0.25, 0.3) is 0 Å². The molecule has 0 aliphatic carbocycles. The van der Waals surface area contributed by atoms with Crippen LogP contribution in [0.15, 0.2) is 51.7 Å². The van der Waals surface area contributed by atoms with Gasteiger partial charge in [-0.05, 0) is 88.1 Å². The van der Waals surface area contributed by atoms with E-state index in [2.05, 4.69) is 61.7 Å². The highest BCUT2D eigenvalue weighted by atomic mass is 15.1. The number of nitrogens with zero attached hydrogens (tertiary/aromatic N) is 4. The molecule has 3 aliphatic rings. The molecule has 0 N–H and O–H groups in total. The Hall–Kier alpha value is -2.20. The van der Waals surface area contributed by atoms with E-state index in [1.807, 2.05) is 0 Å². The fourth-order valence-electron chi connectivity index (χ4n) is 6.01. The summed E-state index contributed by atoms with van der Waals surface area (Å²) in [5.41, 5.74) is 9.41. The Morgan fingerprint density at radius 2 is 1.86 bits per heavy atom. The van der Waals surface area contributed by atoms with E-state index >= 15 is 0 Å². The van der Waals surface area contributed by atoms with Crippen molar-refractivity contribution in [2.45, 2.75) is 91.0 Å². The highest BCUT2D eigenvalue weighted by molar-refractivity contribution is 6.05. The average Bonchev–Trinajstić information content (AvgIpc) is 3.31. The lowest BCUT2D eigenvalue weighted by molar-refractivity contribution is 0.211. The standard InChI is InChI=1S/C32H48N4/c1-5-6-7-9-12-27-13-14-31-29(23-27)24-34-32(31)28-15-20-36(21-16-28)22-17-30-25(2)33-18-10-8-11-19-35(4)26(30)3/h13-14,18,23,28H,3,5-12,15-17,19-22,24H2,1-2,4H3/b30-25-,33-18+. The largest absolute Gasteiger partial charge is 0.375 e. The Balaban J connectivity index is 1.29. The number of fused-ring (bicyclic) bond motifs is 1. The Labute approximate surface area is 220 Å². The second-order valence-corrected chi connectivity index (χ2v) is 11.1. The van der Waals surface area contributed by atoms with Gasteiger partial charge >= 0.3 is 0 Å². The predicted octanol–water partition coefficient (Wildman–Crippen LogP) is 7.19. The van der Waals surface area contributed by atoms with Crippen molar-refractivity contribution in [2.24, 2.45) is 15.9 Å². The first kappa shape index (κ1) is 26.9. The van der Waals surface area contributed by atoms with Crippen LogP contribution in [0.5, 0.6) is 0 Å². The van der Waals surface area contributed by atoms with Crippen LogP contribution in [-0.2, 0) is 13.0 Å². The summed E-state index contributed by atoms with van der Waals surface area (Å²) in [5.74, 6) is 0.609. The molecule has 1 saturated heterocycles. The lowest BCUT2D eigenvalue weighted by Crippen LogP contribution is -2.37. The maximum atomic E-state index is 5.04. The summed E-state index contributed by atoms with van der Waals surface area (Å²) in [5, 5.41) is 0. The molecule has 0 radical (unpaired) electrons. The maximum absolute atomic E-state index is 5.04. The van der Waals surface area contributed by atoms with Crippen molar-refractivity contribution in [2.75, 3.05) is 33.2 Å². The number of likely N-dealkylation sites (N-methyl/N-ethyl adjacent to an activating group) is 1. The monoisotopic (exact) mass is 488 g/mol. The van der Waals surface area contributed by atoms with Crippen molar-refractivity contribution < 1.29 is 0 Å². The van der Waals surface area contributed by atoms with E-state index in [0.29, 0.717) is 5.92 Å². The molecule has 196 valence electrons. The van der Waals surface area contributed by atoms with Crippen molar-refractivity contribution in [3.63, 3.8) is 0 Å². The first-order valence-corrected chi connectivity index (χ1v) is 14.6. The van der Waals surface area contributed by atoms with Gasteiger partial charge < -0.3 is 9.80 Å². The fraction of sp³-hybridized carbons (Fsp3) is 0.625. The number of allylic oxidation sites excluding steroid dienone is 2. The first-order chi connectivity index (χ1) is 17.6. The summed E-state index contributed by atoms with van der Waals surface area (Å²) < 4.78 is 0. The summed E-state index contributed by atoms with van der Waals surface area (Å²) in [6.45, 7) is 14.3. The van der Waals surface area contributed by atoms with E-state index < -0.39 is 0 Å². The molecule has 1 fully saturated rings. The minimum atomic E-state index is 0.609. The molecule has 0 bridgehead atoms. The molecule has 1 aromatic carbocycles. The molecule has 0 unspecified atom stereocenters. The van der Waals surface area contributed by atoms with Gasteiger partial charge in [-0.3, -0.25) is 9.98 Å². The molecule has 1 aromatic rings. The molecule has 4 heteroatoms. The summed E-state index contributed by atoms with van der Waals surface area (Å²) in [6.07, 6.45) is 15.6. The molecule has 0 saturated carbocycles.